The number of para-hydroxylation sites is 2. The number of rotatable bonds is 2. The van der Waals surface area contributed by atoms with Crippen LogP contribution >= 0.6 is 0 Å². The van der Waals surface area contributed by atoms with E-state index in [2.05, 4.69) is 98.8 Å². The molecule has 10 rings (SSSR count). The first-order chi connectivity index (χ1) is 22.1. The molecule has 0 atom stereocenters. The standard InChI is InChI=1S/C41H26N2O2/c1-41(2)31-20-16-24(22-30(31)35-32(41)21-19-27-25-12-6-8-14-33(25)44-38(27)35)40-42-36(23-10-4-3-5-11-23)29-18-17-28-26-13-7-9-15-34(26)45-39(28)37(29)43-40/h3-22H,1-2H3. The van der Waals surface area contributed by atoms with E-state index >= 15 is 0 Å². The molecule has 6 aromatic carbocycles. The molecule has 0 aliphatic heterocycles. The molecule has 0 spiro atoms. The zero-order chi connectivity index (χ0) is 29.9. The van der Waals surface area contributed by atoms with Crippen LogP contribution in [0.4, 0.5) is 0 Å². The number of hydrogen-bond acceptors (Lipinski definition) is 4. The van der Waals surface area contributed by atoms with E-state index in [1.165, 1.54) is 16.7 Å². The van der Waals surface area contributed by atoms with Gasteiger partial charge in [0.15, 0.2) is 11.4 Å². The molecule has 45 heavy (non-hydrogen) atoms. The fourth-order valence-corrected chi connectivity index (χ4v) is 7.48. The number of fused-ring (bicyclic) bond motifs is 12. The molecule has 0 fully saturated rings. The van der Waals surface area contributed by atoms with Gasteiger partial charge in [-0.2, -0.15) is 0 Å². The van der Waals surface area contributed by atoms with Gasteiger partial charge in [0, 0.05) is 49.0 Å². The average molecular weight is 579 g/mol. The lowest BCUT2D eigenvalue weighted by molar-refractivity contribution is 0.653. The van der Waals surface area contributed by atoms with E-state index in [1.54, 1.807) is 0 Å². The zero-order valence-corrected chi connectivity index (χ0v) is 24.8. The number of hydrogen-bond donors (Lipinski definition) is 0. The normalized spacial score (nSPS) is 13.7. The van der Waals surface area contributed by atoms with Crippen LogP contribution in [0, 0.1) is 0 Å². The second kappa shape index (κ2) is 8.67. The summed E-state index contributed by atoms with van der Waals surface area (Å²) in [7, 11) is 0. The van der Waals surface area contributed by atoms with Gasteiger partial charge in [0.1, 0.15) is 22.3 Å². The molecular formula is C41H26N2O2. The van der Waals surface area contributed by atoms with E-state index in [9.17, 15) is 0 Å². The molecule has 1 aliphatic carbocycles. The van der Waals surface area contributed by atoms with Gasteiger partial charge in [-0.3, -0.25) is 0 Å². The minimum atomic E-state index is -0.170. The van der Waals surface area contributed by atoms with E-state index in [0.717, 1.165) is 77.2 Å². The zero-order valence-electron chi connectivity index (χ0n) is 24.8. The monoisotopic (exact) mass is 578 g/mol. The highest BCUT2D eigenvalue weighted by atomic mass is 16.3. The van der Waals surface area contributed by atoms with Crippen molar-refractivity contribution < 1.29 is 8.83 Å². The third-order valence-corrected chi connectivity index (χ3v) is 9.70. The summed E-state index contributed by atoms with van der Waals surface area (Å²) >= 11 is 0. The number of aromatic nitrogens is 2. The second-order valence-corrected chi connectivity index (χ2v) is 12.5. The minimum absolute atomic E-state index is 0.170. The Morgan fingerprint density at radius 3 is 1.91 bits per heavy atom. The first-order valence-corrected chi connectivity index (χ1v) is 15.3. The van der Waals surface area contributed by atoms with Crippen LogP contribution in [-0.4, -0.2) is 9.97 Å². The van der Waals surface area contributed by atoms with Crippen molar-refractivity contribution in [2.24, 2.45) is 0 Å². The quantitative estimate of drug-likeness (QED) is 0.205. The van der Waals surface area contributed by atoms with E-state index < -0.39 is 0 Å². The first kappa shape index (κ1) is 24.7. The molecule has 3 aromatic heterocycles. The smallest absolute Gasteiger partial charge is 0.161 e. The van der Waals surface area contributed by atoms with E-state index in [-0.39, 0.29) is 5.41 Å². The van der Waals surface area contributed by atoms with Crippen molar-refractivity contribution in [1.29, 1.82) is 0 Å². The number of nitrogens with zero attached hydrogens (tertiary/aromatic N) is 2. The SMILES string of the molecule is CC1(C)c2ccc(-c3nc(-c4ccccc4)c4ccc5c6ccccc6oc5c4n3)cc2-c2c1ccc1c2oc2ccccc21. The van der Waals surface area contributed by atoms with Gasteiger partial charge < -0.3 is 8.83 Å². The van der Waals surface area contributed by atoms with Gasteiger partial charge in [-0.25, -0.2) is 9.97 Å². The molecule has 4 nitrogen and oxygen atoms in total. The van der Waals surface area contributed by atoms with Crippen molar-refractivity contribution >= 4 is 54.8 Å². The Balaban J connectivity index is 1.27. The summed E-state index contributed by atoms with van der Waals surface area (Å²) in [5, 5.41) is 5.38. The van der Waals surface area contributed by atoms with Crippen LogP contribution in [0.25, 0.3) is 88.6 Å². The Bertz CT molecular complexity index is 2680. The Kier molecular flexibility index (Phi) is 4.76. The summed E-state index contributed by atoms with van der Waals surface area (Å²) in [6.07, 6.45) is 0. The maximum atomic E-state index is 6.56. The number of benzene rings is 6. The molecule has 0 saturated carbocycles. The highest BCUT2D eigenvalue weighted by molar-refractivity contribution is 6.16. The third kappa shape index (κ3) is 3.31. The van der Waals surface area contributed by atoms with Gasteiger partial charge in [-0.1, -0.05) is 105 Å². The lowest BCUT2D eigenvalue weighted by atomic mass is 9.82. The molecule has 3 heterocycles. The highest BCUT2D eigenvalue weighted by Gasteiger charge is 2.38. The topological polar surface area (TPSA) is 52.1 Å². The number of furan rings is 2. The summed E-state index contributed by atoms with van der Waals surface area (Å²) in [4.78, 5) is 10.5. The largest absolute Gasteiger partial charge is 0.455 e. The van der Waals surface area contributed by atoms with E-state index in [4.69, 9.17) is 18.8 Å². The summed E-state index contributed by atoms with van der Waals surface area (Å²) in [5.74, 6) is 0.667. The second-order valence-electron chi connectivity index (χ2n) is 12.5. The lowest BCUT2D eigenvalue weighted by Gasteiger charge is -2.21. The van der Waals surface area contributed by atoms with Crippen molar-refractivity contribution in [2.75, 3.05) is 0 Å². The van der Waals surface area contributed by atoms with Crippen LogP contribution in [0.15, 0.2) is 130 Å². The maximum Gasteiger partial charge on any atom is 0.161 e. The van der Waals surface area contributed by atoms with Crippen LogP contribution < -0.4 is 0 Å². The molecule has 9 aromatic rings. The van der Waals surface area contributed by atoms with Gasteiger partial charge in [-0.15, -0.1) is 0 Å². The molecule has 212 valence electrons. The Hall–Kier alpha value is -5.74. The fourth-order valence-electron chi connectivity index (χ4n) is 7.48. The molecule has 4 heteroatoms. The lowest BCUT2D eigenvalue weighted by Crippen LogP contribution is -2.14. The third-order valence-electron chi connectivity index (χ3n) is 9.70. The molecule has 0 N–H and O–H groups in total. The van der Waals surface area contributed by atoms with Crippen molar-refractivity contribution in [1.82, 2.24) is 9.97 Å². The van der Waals surface area contributed by atoms with Crippen LogP contribution in [-0.2, 0) is 5.41 Å². The summed E-state index contributed by atoms with van der Waals surface area (Å²) in [5.41, 5.74) is 11.9. The van der Waals surface area contributed by atoms with E-state index in [0.29, 0.717) is 5.82 Å². The van der Waals surface area contributed by atoms with Crippen molar-refractivity contribution in [2.45, 2.75) is 19.3 Å². The molecule has 0 saturated heterocycles. The predicted molar refractivity (Wildman–Crippen MR) is 183 cm³/mol. The van der Waals surface area contributed by atoms with Crippen molar-refractivity contribution in [3.8, 4) is 33.8 Å². The van der Waals surface area contributed by atoms with Crippen molar-refractivity contribution in [3.63, 3.8) is 0 Å². The molecule has 0 radical (unpaired) electrons. The molecule has 0 bridgehead atoms. The van der Waals surface area contributed by atoms with Gasteiger partial charge in [0.05, 0.1) is 5.69 Å². The molecule has 0 amide bonds. The molecule has 0 unspecified atom stereocenters. The minimum Gasteiger partial charge on any atom is -0.455 e. The molecular weight excluding hydrogens is 552 g/mol. The highest BCUT2D eigenvalue weighted by Crippen LogP contribution is 2.53. The van der Waals surface area contributed by atoms with Crippen LogP contribution in [0.2, 0.25) is 0 Å². The fraction of sp³-hybridized carbons (Fsp3) is 0.0732. The summed E-state index contributed by atoms with van der Waals surface area (Å²) in [6.45, 7) is 4.59. The first-order valence-electron chi connectivity index (χ1n) is 15.3. The van der Waals surface area contributed by atoms with Crippen molar-refractivity contribution in [3.05, 3.63) is 132 Å². The van der Waals surface area contributed by atoms with Gasteiger partial charge >= 0.3 is 0 Å². The summed E-state index contributed by atoms with van der Waals surface area (Å²) < 4.78 is 13.0. The predicted octanol–water partition coefficient (Wildman–Crippen LogP) is 11.1. The van der Waals surface area contributed by atoms with Gasteiger partial charge in [0.2, 0.25) is 0 Å². The Morgan fingerprint density at radius 2 is 1.13 bits per heavy atom. The maximum absolute atomic E-state index is 6.56. The van der Waals surface area contributed by atoms with E-state index in [1.807, 2.05) is 36.4 Å². The van der Waals surface area contributed by atoms with Gasteiger partial charge in [0.25, 0.3) is 0 Å². The Labute approximate surface area is 258 Å². The van der Waals surface area contributed by atoms with Crippen LogP contribution in [0.5, 0.6) is 0 Å². The molecule has 1 aliphatic rings. The van der Waals surface area contributed by atoms with Gasteiger partial charge in [-0.05, 0) is 47.0 Å². The average Bonchev–Trinajstić information content (AvgIpc) is 3.72. The Morgan fingerprint density at radius 1 is 0.511 bits per heavy atom. The van der Waals surface area contributed by atoms with Crippen LogP contribution in [0.3, 0.4) is 0 Å². The summed E-state index contributed by atoms with van der Waals surface area (Å²) in [6, 6.07) is 42.2. The van der Waals surface area contributed by atoms with Crippen LogP contribution in [0.1, 0.15) is 25.0 Å².